The van der Waals surface area contributed by atoms with E-state index in [9.17, 15) is 13.2 Å². The lowest BCUT2D eigenvalue weighted by Gasteiger charge is -2.11. The quantitative estimate of drug-likeness (QED) is 0.585. The Hall–Kier alpha value is -2.72. The number of para-hydroxylation sites is 1. The number of methoxy groups -OCH3 is 1. The zero-order valence-corrected chi connectivity index (χ0v) is 16.5. The fourth-order valence-electron chi connectivity index (χ4n) is 2.73. The Morgan fingerprint density at radius 1 is 1.32 bits per heavy atom. The van der Waals surface area contributed by atoms with Crippen LogP contribution >= 0.6 is 11.3 Å². The third-order valence-electron chi connectivity index (χ3n) is 4.32. The smallest absolute Gasteiger partial charge is 0.349 e. The number of sulfonamides is 1. The molecule has 1 N–H and O–H groups in total. The number of hydrogen-bond acceptors (Lipinski definition) is 8. The molecule has 1 saturated carbocycles. The summed E-state index contributed by atoms with van der Waals surface area (Å²) < 4.78 is 38.2. The molecule has 0 radical (unpaired) electrons. The van der Waals surface area contributed by atoms with Crippen LogP contribution in [0.15, 0.2) is 45.1 Å². The van der Waals surface area contributed by atoms with Gasteiger partial charge in [0.25, 0.3) is 10.0 Å². The van der Waals surface area contributed by atoms with E-state index in [1.54, 1.807) is 24.3 Å². The Labute approximate surface area is 165 Å². The summed E-state index contributed by atoms with van der Waals surface area (Å²) in [6, 6.07) is 8.33. The van der Waals surface area contributed by atoms with E-state index in [2.05, 4.69) is 19.6 Å². The van der Waals surface area contributed by atoms with Gasteiger partial charge in [-0.05, 0) is 35.9 Å². The molecule has 0 spiro atoms. The molecule has 146 valence electrons. The monoisotopic (exact) mass is 419 g/mol. The maximum Gasteiger partial charge on any atom is 0.349 e. The van der Waals surface area contributed by atoms with Gasteiger partial charge in [0.05, 0.1) is 19.2 Å². The molecular weight excluding hydrogens is 402 g/mol. The minimum absolute atomic E-state index is 0.0263. The Balaban J connectivity index is 1.59. The highest BCUT2D eigenvalue weighted by atomic mass is 32.2. The van der Waals surface area contributed by atoms with Gasteiger partial charge < -0.3 is 9.26 Å². The van der Waals surface area contributed by atoms with Gasteiger partial charge in [-0.3, -0.25) is 4.72 Å². The van der Waals surface area contributed by atoms with Crippen molar-refractivity contribution in [1.29, 1.82) is 0 Å². The number of nitrogens with one attached hydrogen (secondary N) is 1. The molecule has 1 aliphatic rings. The number of aromatic nitrogens is 2. The molecule has 0 aliphatic heterocycles. The number of anilines is 1. The zero-order valence-electron chi connectivity index (χ0n) is 14.9. The van der Waals surface area contributed by atoms with E-state index in [-0.39, 0.29) is 9.77 Å². The van der Waals surface area contributed by atoms with E-state index in [1.165, 1.54) is 18.6 Å². The van der Waals surface area contributed by atoms with Gasteiger partial charge in [-0.25, -0.2) is 13.2 Å². The second kappa shape index (κ2) is 7.36. The Morgan fingerprint density at radius 3 is 2.86 bits per heavy atom. The highest BCUT2D eigenvalue weighted by molar-refractivity contribution is 7.93. The van der Waals surface area contributed by atoms with Crippen LogP contribution in [-0.4, -0.2) is 31.6 Å². The summed E-state index contributed by atoms with van der Waals surface area (Å²) in [5.41, 5.74) is 1.07. The maximum atomic E-state index is 12.8. The molecule has 4 rings (SSSR count). The largest absolute Gasteiger partial charge is 0.465 e. The third kappa shape index (κ3) is 3.78. The first-order chi connectivity index (χ1) is 13.5. The van der Waals surface area contributed by atoms with Crippen LogP contribution in [-0.2, 0) is 21.2 Å². The van der Waals surface area contributed by atoms with Crippen molar-refractivity contribution >= 4 is 33.0 Å². The fourth-order valence-corrected chi connectivity index (χ4v) is 5.17. The summed E-state index contributed by atoms with van der Waals surface area (Å²) in [6.45, 7) is 0. The molecule has 1 aromatic carbocycles. The summed E-state index contributed by atoms with van der Waals surface area (Å²) in [7, 11) is -2.77. The number of esters is 1. The normalized spacial score (nSPS) is 14.0. The van der Waals surface area contributed by atoms with Crippen molar-refractivity contribution in [3.05, 3.63) is 57.9 Å². The van der Waals surface area contributed by atoms with Crippen LogP contribution in [0.5, 0.6) is 0 Å². The number of rotatable bonds is 7. The van der Waals surface area contributed by atoms with Crippen LogP contribution in [0.4, 0.5) is 5.69 Å². The van der Waals surface area contributed by atoms with E-state index in [1.807, 2.05) is 0 Å². The molecular formula is C18H17N3O5S2. The van der Waals surface area contributed by atoms with Gasteiger partial charge in [0, 0.05) is 5.92 Å². The van der Waals surface area contributed by atoms with E-state index in [0.717, 1.165) is 24.2 Å². The molecule has 1 aliphatic carbocycles. The molecule has 0 unspecified atom stereocenters. The minimum Gasteiger partial charge on any atom is -0.465 e. The predicted octanol–water partition coefficient (Wildman–Crippen LogP) is 3.19. The second-order valence-electron chi connectivity index (χ2n) is 6.37. The highest BCUT2D eigenvalue weighted by Gasteiger charge is 2.29. The minimum atomic E-state index is -3.98. The Bertz CT molecular complexity index is 1120. The Kier molecular flexibility index (Phi) is 4.90. The molecule has 10 heteroatoms. The molecule has 28 heavy (non-hydrogen) atoms. The lowest BCUT2D eigenvalue weighted by atomic mass is 10.1. The molecule has 0 amide bonds. The molecule has 2 aromatic heterocycles. The third-order valence-corrected chi connectivity index (χ3v) is 6.75. The first-order valence-corrected chi connectivity index (χ1v) is 10.9. The number of nitrogens with zero attached hydrogens (tertiary/aromatic N) is 2. The molecule has 8 nitrogen and oxygen atoms in total. The first kappa shape index (κ1) is 18.6. The van der Waals surface area contributed by atoms with Crippen LogP contribution in [0.1, 0.15) is 45.7 Å². The van der Waals surface area contributed by atoms with Gasteiger partial charge in [-0.15, -0.1) is 11.3 Å². The number of carbonyl (C=O) groups excluding carboxylic acids is 1. The van der Waals surface area contributed by atoms with E-state index in [0.29, 0.717) is 35.3 Å². The maximum absolute atomic E-state index is 12.8. The van der Waals surface area contributed by atoms with E-state index < -0.39 is 16.0 Å². The molecule has 1 fully saturated rings. The number of hydrogen-bond donors (Lipinski definition) is 1. The molecule has 2 heterocycles. The van der Waals surface area contributed by atoms with Gasteiger partial charge in [-0.2, -0.15) is 4.98 Å². The fraction of sp³-hybridized carbons (Fsp3) is 0.278. The van der Waals surface area contributed by atoms with Crippen molar-refractivity contribution in [1.82, 2.24) is 10.1 Å². The van der Waals surface area contributed by atoms with Crippen molar-refractivity contribution in [2.75, 3.05) is 11.8 Å². The summed E-state index contributed by atoms with van der Waals surface area (Å²) in [5, 5.41) is 5.52. The summed E-state index contributed by atoms with van der Waals surface area (Å²) >= 11 is 1.01. The van der Waals surface area contributed by atoms with Crippen LogP contribution in [0, 0.1) is 0 Å². The summed E-state index contributed by atoms with van der Waals surface area (Å²) in [6.07, 6.45) is 2.43. The van der Waals surface area contributed by atoms with Crippen molar-refractivity contribution in [2.45, 2.75) is 30.1 Å². The molecule has 0 bridgehead atoms. The van der Waals surface area contributed by atoms with Crippen molar-refractivity contribution in [3.8, 4) is 0 Å². The van der Waals surface area contributed by atoms with Gasteiger partial charge >= 0.3 is 5.97 Å². The number of benzene rings is 1. The topological polar surface area (TPSA) is 111 Å². The zero-order chi connectivity index (χ0) is 19.7. The highest BCUT2D eigenvalue weighted by Crippen LogP contribution is 2.38. The number of ether oxygens (including phenoxy) is 1. The molecule has 0 atom stereocenters. The van der Waals surface area contributed by atoms with E-state index in [4.69, 9.17) is 4.52 Å². The second-order valence-corrected chi connectivity index (χ2v) is 8.93. The number of thiophene rings is 1. The lowest BCUT2D eigenvalue weighted by Crippen LogP contribution is -2.16. The SMILES string of the molecule is COC(=O)c1sccc1S(=O)(=O)Nc1ccccc1Cc1nc(C2CC2)no1. The van der Waals surface area contributed by atoms with Crippen LogP contribution in [0.2, 0.25) is 0 Å². The van der Waals surface area contributed by atoms with Gasteiger partial charge in [0.1, 0.15) is 9.77 Å². The predicted molar refractivity (Wildman–Crippen MR) is 102 cm³/mol. The Morgan fingerprint density at radius 2 is 2.11 bits per heavy atom. The van der Waals surface area contributed by atoms with Crippen LogP contribution < -0.4 is 4.72 Å². The van der Waals surface area contributed by atoms with Gasteiger partial charge in [0.15, 0.2) is 5.82 Å². The summed E-state index contributed by atoms with van der Waals surface area (Å²) in [5.74, 6) is 0.817. The molecule has 0 saturated heterocycles. The lowest BCUT2D eigenvalue weighted by molar-refractivity contribution is 0.0602. The number of carbonyl (C=O) groups is 1. The van der Waals surface area contributed by atoms with Gasteiger partial charge in [-0.1, -0.05) is 23.4 Å². The van der Waals surface area contributed by atoms with Gasteiger partial charge in [0.2, 0.25) is 5.89 Å². The average Bonchev–Trinajstić information content (AvgIpc) is 3.21. The van der Waals surface area contributed by atoms with E-state index >= 15 is 0 Å². The summed E-state index contributed by atoms with van der Waals surface area (Å²) in [4.78, 5) is 16.1. The standard InChI is InChI=1S/C18H17N3O5S2/c1-25-18(22)16-14(8-9-27-16)28(23,24)21-13-5-3-2-4-12(13)10-15-19-17(20-26-15)11-6-7-11/h2-5,8-9,11,21H,6-7,10H2,1H3. The first-order valence-electron chi connectivity index (χ1n) is 8.57. The van der Waals surface area contributed by atoms with Crippen LogP contribution in [0.25, 0.3) is 0 Å². The van der Waals surface area contributed by atoms with Crippen LogP contribution in [0.3, 0.4) is 0 Å². The average molecular weight is 419 g/mol. The van der Waals surface area contributed by atoms with Crippen molar-refractivity contribution in [2.24, 2.45) is 0 Å². The molecule has 3 aromatic rings. The van der Waals surface area contributed by atoms with Crippen molar-refractivity contribution < 1.29 is 22.5 Å². The van der Waals surface area contributed by atoms with Crippen molar-refractivity contribution in [3.63, 3.8) is 0 Å².